The van der Waals surface area contributed by atoms with Gasteiger partial charge in [0.15, 0.2) is 5.82 Å². The molecule has 2 aromatic carbocycles. The SMILES string of the molecule is C=C(NCCC#N)N1Cc2nc(C(=N)c3ccc(-c4cc(F)ccc4CC)cc3N)[nH]c2C1. The predicted octanol–water partition coefficient (Wildman–Crippen LogP) is 4.07. The van der Waals surface area contributed by atoms with E-state index in [2.05, 4.69) is 27.9 Å². The lowest BCUT2D eigenvalue weighted by Crippen LogP contribution is -2.28. The molecule has 0 aliphatic carbocycles. The van der Waals surface area contributed by atoms with E-state index in [0.717, 1.165) is 40.3 Å². The summed E-state index contributed by atoms with van der Waals surface area (Å²) in [5.74, 6) is 0.916. The number of nitrogen functional groups attached to an aromatic ring is 1. The van der Waals surface area contributed by atoms with E-state index in [9.17, 15) is 4.39 Å². The number of fused-ring (bicyclic) bond motifs is 1. The number of rotatable bonds is 8. The first-order valence-electron chi connectivity index (χ1n) is 10.8. The first kappa shape index (κ1) is 22.1. The van der Waals surface area contributed by atoms with Crippen LogP contribution in [0.3, 0.4) is 0 Å². The van der Waals surface area contributed by atoms with Crippen LogP contribution in [-0.2, 0) is 19.5 Å². The molecule has 7 nitrogen and oxygen atoms in total. The zero-order valence-electron chi connectivity index (χ0n) is 18.5. The van der Waals surface area contributed by atoms with Crippen molar-refractivity contribution in [1.29, 1.82) is 10.7 Å². The number of benzene rings is 2. The number of imidazole rings is 1. The Morgan fingerprint density at radius 1 is 1.33 bits per heavy atom. The van der Waals surface area contributed by atoms with Crippen LogP contribution in [0.15, 0.2) is 48.8 Å². The largest absolute Gasteiger partial charge is 0.398 e. The number of nitrogens with one attached hydrogen (secondary N) is 3. The van der Waals surface area contributed by atoms with Crippen LogP contribution in [0.25, 0.3) is 11.1 Å². The first-order chi connectivity index (χ1) is 15.9. The molecule has 1 aliphatic rings. The Kier molecular flexibility index (Phi) is 6.13. The van der Waals surface area contributed by atoms with Gasteiger partial charge < -0.3 is 20.9 Å². The third-order valence-electron chi connectivity index (χ3n) is 5.82. The summed E-state index contributed by atoms with van der Waals surface area (Å²) >= 11 is 0. The lowest BCUT2D eigenvalue weighted by molar-refractivity contribution is 0.331. The van der Waals surface area contributed by atoms with Gasteiger partial charge in [-0.25, -0.2) is 9.37 Å². The minimum atomic E-state index is -0.292. The van der Waals surface area contributed by atoms with Gasteiger partial charge in [0, 0.05) is 17.8 Å². The van der Waals surface area contributed by atoms with Crippen molar-refractivity contribution in [3.8, 4) is 17.2 Å². The molecule has 5 N–H and O–H groups in total. The van der Waals surface area contributed by atoms with Gasteiger partial charge in [0.2, 0.25) is 0 Å². The summed E-state index contributed by atoms with van der Waals surface area (Å²) in [6.07, 6.45) is 1.19. The summed E-state index contributed by atoms with van der Waals surface area (Å²) in [4.78, 5) is 9.88. The van der Waals surface area contributed by atoms with E-state index in [1.165, 1.54) is 12.1 Å². The number of halogens is 1. The summed E-state index contributed by atoms with van der Waals surface area (Å²) in [6, 6.07) is 12.3. The Bertz CT molecular complexity index is 1240. The van der Waals surface area contributed by atoms with E-state index in [4.69, 9.17) is 16.4 Å². The molecule has 0 saturated heterocycles. The van der Waals surface area contributed by atoms with Gasteiger partial charge in [-0.15, -0.1) is 0 Å². The van der Waals surface area contributed by atoms with Crippen LogP contribution in [0.5, 0.6) is 0 Å². The topological polar surface area (TPSA) is 118 Å². The molecule has 0 fully saturated rings. The Labute approximate surface area is 192 Å². The monoisotopic (exact) mass is 443 g/mol. The highest BCUT2D eigenvalue weighted by Crippen LogP contribution is 2.30. The summed E-state index contributed by atoms with van der Waals surface area (Å²) in [5, 5.41) is 20.4. The van der Waals surface area contributed by atoms with E-state index in [0.29, 0.717) is 43.1 Å². The van der Waals surface area contributed by atoms with Gasteiger partial charge in [0.05, 0.1) is 42.8 Å². The molecule has 0 bridgehead atoms. The molecule has 2 heterocycles. The van der Waals surface area contributed by atoms with E-state index in [1.54, 1.807) is 18.2 Å². The quantitative estimate of drug-likeness (QED) is 0.238. The Morgan fingerprint density at radius 3 is 2.85 bits per heavy atom. The Morgan fingerprint density at radius 2 is 2.15 bits per heavy atom. The number of nitrogens with two attached hydrogens (primary N) is 1. The van der Waals surface area contributed by atoms with Crippen molar-refractivity contribution in [3.05, 3.63) is 83.0 Å². The Hall–Kier alpha value is -4.12. The van der Waals surface area contributed by atoms with Gasteiger partial charge in [0.1, 0.15) is 11.5 Å². The molecule has 0 amide bonds. The highest BCUT2D eigenvalue weighted by Gasteiger charge is 2.25. The van der Waals surface area contributed by atoms with Crippen molar-refractivity contribution in [2.24, 2.45) is 0 Å². The number of aryl methyl sites for hydroxylation is 1. The molecule has 168 valence electrons. The maximum Gasteiger partial charge on any atom is 0.156 e. The van der Waals surface area contributed by atoms with E-state index in [-0.39, 0.29) is 11.5 Å². The van der Waals surface area contributed by atoms with Crippen LogP contribution >= 0.6 is 0 Å². The second kappa shape index (κ2) is 9.17. The number of H-pyrrole nitrogens is 1. The molecule has 0 unspecified atom stereocenters. The molecule has 33 heavy (non-hydrogen) atoms. The smallest absolute Gasteiger partial charge is 0.156 e. The van der Waals surface area contributed by atoms with Crippen LogP contribution in [-0.4, -0.2) is 27.1 Å². The molecule has 0 spiro atoms. The fourth-order valence-corrected chi connectivity index (χ4v) is 4.03. The standard InChI is InChI=1S/C25H26FN7/c1-3-16-5-7-18(26)12-20(16)17-6-8-19(21(28)11-17)24(29)25-31-22-13-33(14-23(22)32-25)15(2)30-10-4-9-27/h5-8,11-12,29-30H,2-4,10,13-14,28H2,1H3,(H,31,32). The van der Waals surface area contributed by atoms with E-state index < -0.39 is 0 Å². The molecular formula is C25H26FN7. The fraction of sp³-hybridized carbons (Fsp3) is 0.240. The molecule has 0 atom stereocenters. The van der Waals surface area contributed by atoms with Gasteiger partial charge in [0.25, 0.3) is 0 Å². The number of aromatic amines is 1. The highest BCUT2D eigenvalue weighted by atomic mass is 19.1. The summed E-state index contributed by atoms with van der Waals surface area (Å²) < 4.78 is 13.8. The lowest BCUT2D eigenvalue weighted by Gasteiger charge is -2.21. The minimum absolute atomic E-state index is 0.209. The molecule has 3 aromatic rings. The molecular weight excluding hydrogens is 417 g/mol. The van der Waals surface area contributed by atoms with E-state index in [1.807, 2.05) is 17.9 Å². The lowest BCUT2D eigenvalue weighted by atomic mass is 9.95. The van der Waals surface area contributed by atoms with Crippen molar-refractivity contribution in [2.75, 3.05) is 12.3 Å². The molecule has 8 heteroatoms. The van der Waals surface area contributed by atoms with Gasteiger partial charge in [-0.05, 0) is 41.3 Å². The zero-order chi connectivity index (χ0) is 23.5. The van der Waals surface area contributed by atoms with Gasteiger partial charge >= 0.3 is 0 Å². The number of nitriles is 1. The van der Waals surface area contributed by atoms with Crippen molar-refractivity contribution in [2.45, 2.75) is 32.9 Å². The molecule has 1 aromatic heterocycles. The molecule has 1 aliphatic heterocycles. The van der Waals surface area contributed by atoms with Crippen LogP contribution in [0.1, 0.15) is 41.7 Å². The van der Waals surface area contributed by atoms with Crippen molar-refractivity contribution < 1.29 is 4.39 Å². The average molecular weight is 444 g/mol. The highest BCUT2D eigenvalue weighted by molar-refractivity contribution is 6.12. The van der Waals surface area contributed by atoms with Crippen molar-refractivity contribution in [3.63, 3.8) is 0 Å². The van der Waals surface area contributed by atoms with Crippen LogP contribution in [0.4, 0.5) is 10.1 Å². The maximum absolute atomic E-state index is 13.8. The number of anilines is 1. The van der Waals surface area contributed by atoms with Crippen LogP contribution in [0, 0.1) is 22.6 Å². The van der Waals surface area contributed by atoms with Crippen molar-refractivity contribution in [1.82, 2.24) is 20.2 Å². The average Bonchev–Trinajstić information content (AvgIpc) is 3.38. The second-order valence-electron chi connectivity index (χ2n) is 7.98. The summed E-state index contributed by atoms with van der Waals surface area (Å²) in [5.41, 5.74) is 12.0. The normalized spacial score (nSPS) is 12.3. The third kappa shape index (κ3) is 4.44. The minimum Gasteiger partial charge on any atom is -0.398 e. The van der Waals surface area contributed by atoms with Gasteiger partial charge in [-0.2, -0.15) is 5.26 Å². The number of nitrogens with zero attached hydrogens (tertiary/aromatic N) is 3. The van der Waals surface area contributed by atoms with Crippen molar-refractivity contribution >= 4 is 11.4 Å². The number of hydrogen-bond donors (Lipinski definition) is 4. The van der Waals surface area contributed by atoms with Gasteiger partial charge in [-0.3, -0.25) is 5.41 Å². The first-order valence-corrected chi connectivity index (χ1v) is 10.8. The molecule has 0 radical (unpaired) electrons. The zero-order valence-corrected chi connectivity index (χ0v) is 18.5. The van der Waals surface area contributed by atoms with Crippen LogP contribution in [0.2, 0.25) is 0 Å². The maximum atomic E-state index is 13.8. The van der Waals surface area contributed by atoms with Crippen LogP contribution < -0.4 is 11.1 Å². The molecule has 0 saturated carbocycles. The number of aromatic nitrogens is 2. The number of hydrogen-bond acceptors (Lipinski definition) is 6. The van der Waals surface area contributed by atoms with E-state index >= 15 is 0 Å². The fourth-order valence-electron chi connectivity index (χ4n) is 4.03. The summed E-state index contributed by atoms with van der Waals surface area (Å²) in [6.45, 7) is 7.77. The Balaban J connectivity index is 1.51. The third-order valence-corrected chi connectivity index (χ3v) is 5.82. The predicted molar refractivity (Wildman–Crippen MR) is 127 cm³/mol. The van der Waals surface area contributed by atoms with Gasteiger partial charge in [-0.1, -0.05) is 31.7 Å². The molecule has 4 rings (SSSR count). The summed E-state index contributed by atoms with van der Waals surface area (Å²) in [7, 11) is 0. The second-order valence-corrected chi connectivity index (χ2v) is 7.98.